The van der Waals surface area contributed by atoms with Crippen LogP contribution in [0.2, 0.25) is 0 Å². The Morgan fingerprint density at radius 3 is 1.85 bits per heavy atom. The van der Waals surface area contributed by atoms with Crippen LogP contribution in [0.15, 0.2) is 91.0 Å². The molecule has 1 amide bonds. The zero-order chi connectivity index (χ0) is 27.9. The van der Waals surface area contributed by atoms with Gasteiger partial charge in [-0.05, 0) is 24.5 Å². The first kappa shape index (κ1) is 27.2. The fraction of sp³-hybridized carbons (Fsp3) is 0.273. The number of hydrogen-bond donors (Lipinski definition) is 0. The highest BCUT2D eigenvalue weighted by atomic mass is 16.5. The highest BCUT2D eigenvalue weighted by molar-refractivity contribution is 6.05. The van der Waals surface area contributed by atoms with Gasteiger partial charge < -0.3 is 9.64 Å². The van der Waals surface area contributed by atoms with E-state index in [0.29, 0.717) is 44.1 Å². The van der Waals surface area contributed by atoms with Gasteiger partial charge in [-0.2, -0.15) is 0 Å². The van der Waals surface area contributed by atoms with E-state index in [2.05, 4.69) is 63.4 Å². The van der Waals surface area contributed by atoms with E-state index in [1.54, 1.807) is 11.8 Å². The van der Waals surface area contributed by atoms with E-state index < -0.39 is 5.97 Å². The number of piperazine rings is 1. The van der Waals surface area contributed by atoms with Gasteiger partial charge in [-0.15, -0.1) is 0 Å². The molecule has 1 aromatic heterocycles. The van der Waals surface area contributed by atoms with Gasteiger partial charge in [0.2, 0.25) is 0 Å². The summed E-state index contributed by atoms with van der Waals surface area (Å²) >= 11 is 0. The molecule has 0 radical (unpaired) electrons. The van der Waals surface area contributed by atoms with Crippen molar-refractivity contribution in [1.29, 1.82) is 0 Å². The predicted octanol–water partition coefficient (Wildman–Crippen LogP) is 5.43. The number of carbonyl (C=O) groups excluding carboxylic acids is 2. The number of rotatable bonds is 8. The minimum atomic E-state index is -0.561. The molecule has 7 nitrogen and oxygen atoms in total. The average molecular weight is 535 g/mol. The van der Waals surface area contributed by atoms with E-state index in [0.717, 1.165) is 5.56 Å². The second-order valence-corrected chi connectivity index (χ2v) is 9.71. The highest BCUT2D eigenvalue weighted by Crippen LogP contribution is 2.30. The van der Waals surface area contributed by atoms with Gasteiger partial charge in [0.1, 0.15) is 11.3 Å². The summed E-state index contributed by atoms with van der Waals surface area (Å²) < 4.78 is 5.34. The highest BCUT2D eigenvalue weighted by Gasteiger charge is 2.33. The lowest BCUT2D eigenvalue weighted by atomic mass is 9.96. The Bertz CT molecular complexity index is 1400. The Labute approximate surface area is 235 Å². The van der Waals surface area contributed by atoms with E-state index in [1.165, 1.54) is 11.1 Å². The summed E-state index contributed by atoms with van der Waals surface area (Å²) in [5, 5.41) is 0. The molecule has 0 spiro atoms. The van der Waals surface area contributed by atoms with Crippen molar-refractivity contribution in [1.82, 2.24) is 19.8 Å². The maximum absolute atomic E-state index is 14.0. The predicted molar refractivity (Wildman–Crippen MR) is 155 cm³/mol. The number of benzene rings is 3. The van der Waals surface area contributed by atoms with Crippen LogP contribution in [0.25, 0.3) is 11.4 Å². The standard InChI is InChI=1S/C33H34N4O3/c1-3-27-28(33(39)40-4-2)29(35-31(34-27)26-18-12-7-13-19-26)32(38)37-22-20-36(21-23-37)30(24-14-8-5-9-15-24)25-16-10-6-11-17-25/h5-19,30H,3-4,20-23H2,1-2H3. The quantitative estimate of drug-likeness (QED) is 0.281. The van der Waals surface area contributed by atoms with Crippen molar-refractivity contribution >= 4 is 11.9 Å². The van der Waals surface area contributed by atoms with Crippen molar-refractivity contribution in [2.75, 3.05) is 32.8 Å². The summed E-state index contributed by atoms with van der Waals surface area (Å²) in [5.41, 5.74) is 4.02. The molecule has 1 saturated heterocycles. The third-order valence-corrected chi connectivity index (χ3v) is 7.23. The summed E-state index contributed by atoms with van der Waals surface area (Å²) in [4.78, 5) is 40.6. The molecule has 0 saturated carbocycles. The van der Waals surface area contributed by atoms with Gasteiger partial charge in [0, 0.05) is 31.7 Å². The molecule has 0 bridgehead atoms. The average Bonchev–Trinajstić information content (AvgIpc) is 3.02. The van der Waals surface area contributed by atoms with Crippen molar-refractivity contribution in [3.63, 3.8) is 0 Å². The molecule has 7 heteroatoms. The van der Waals surface area contributed by atoms with Crippen LogP contribution in [-0.2, 0) is 11.2 Å². The number of ether oxygens (including phenoxy) is 1. The van der Waals surface area contributed by atoms with Crippen LogP contribution in [0.3, 0.4) is 0 Å². The molecule has 40 heavy (non-hydrogen) atoms. The summed E-state index contributed by atoms with van der Waals surface area (Å²) in [6, 6.07) is 30.5. The summed E-state index contributed by atoms with van der Waals surface area (Å²) in [6.07, 6.45) is 0.473. The molecule has 0 atom stereocenters. The van der Waals surface area contributed by atoms with Crippen LogP contribution >= 0.6 is 0 Å². The second-order valence-electron chi connectivity index (χ2n) is 9.71. The Hall–Kier alpha value is -4.36. The van der Waals surface area contributed by atoms with E-state index in [-0.39, 0.29) is 29.8 Å². The van der Waals surface area contributed by atoms with Crippen molar-refractivity contribution in [2.45, 2.75) is 26.3 Å². The van der Waals surface area contributed by atoms with Crippen LogP contribution in [0, 0.1) is 0 Å². The minimum absolute atomic E-state index is 0.0881. The normalized spacial score (nSPS) is 13.8. The van der Waals surface area contributed by atoms with E-state index in [9.17, 15) is 9.59 Å². The maximum Gasteiger partial charge on any atom is 0.342 e. The zero-order valence-corrected chi connectivity index (χ0v) is 23.0. The summed E-state index contributed by atoms with van der Waals surface area (Å²) in [5.74, 6) is -0.400. The molecule has 1 aliphatic heterocycles. The molecule has 0 aliphatic carbocycles. The van der Waals surface area contributed by atoms with Crippen LogP contribution in [0.4, 0.5) is 0 Å². The van der Waals surface area contributed by atoms with Crippen LogP contribution < -0.4 is 0 Å². The first-order valence-corrected chi connectivity index (χ1v) is 13.9. The van der Waals surface area contributed by atoms with E-state index in [4.69, 9.17) is 4.74 Å². The molecule has 0 N–H and O–H groups in total. The summed E-state index contributed by atoms with van der Waals surface area (Å²) in [7, 11) is 0. The van der Waals surface area contributed by atoms with Crippen molar-refractivity contribution in [3.8, 4) is 11.4 Å². The molecular weight excluding hydrogens is 500 g/mol. The Kier molecular flexibility index (Phi) is 8.62. The molecule has 1 fully saturated rings. The molecule has 5 rings (SSSR count). The van der Waals surface area contributed by atoms with Gasteiger partial charge in [-0.1, -0.05) is 97.9 Å². The monoisotopic (exact) mass is 534 g/mol. The van der Waals surface area contributed by atoms with Gasteiger partial charge in [-0.3, -0.25) is 9.69 Å². The van der Waals surface area contributed by atoms with Gasteiger partial charge in [0.15, 0.2) is 5.82 Å². The SMILES string of the molecule is CCOC(=O)c1c(CC)nc(-c2ccccc2)nc1C(=O)N1CCN(C(c2ccccc2)c2ccccc2)CC1. The topological polar surface area (TPSA) is 75.6 Å². The molecule has 0 unspecified atom stereocenters. The van der Waals surface area contributed by atoms with Gasteiger partial charge in [-0.25, -0.2) is 14.8 Å². The number of esters is 1. The number of aromatic nitrogens is 2. The fourth-order valence-electron chi connectivity index (χ4n) is 5.27. The van der Waals surface area contributed by atoms with Gasteiger partial charge in [0.05, 0.1) is 18.3 Å². The Morgan fingerprint density at radius 1 is 0.775 bits per heavy atom. The number of hydrogen-bond acceptors (Lipinski definition) is 6. The number of nitrogens with zero attached hydrogens (tertiary/aromatic N) is 4. The lowest BCUT2D eigenvalue weighted by Gasteiger charge is -2.39. The molecular formula is C33H34N4O3. The van der Waals surface area contributed by atoms with Crippen molar-refractivity contribution in [2.24, 2.45) is 0 Å². The van der Waals surface area contributed by atoms with Crippen LogP contribution in [-0.4, -0.2) is 64.4 Å². The molecule has 204 valence electrons. The van der Waals surface area contributed by atoms with E-state index in [1.807, 2.05) is 49.4 Å². The molecule has 1 aliphatic rings. The third-order valence-electron chi connectivity index (χ3n) is 7.23. The van der Waals surface area contributed by atoms with Crippen molar-refractivity contribution in [3.05, 3.63) is 119 Å². The molecule has 2 heterocycles. The maximum atomic E-state index is 14.0. The first-order valence-electron chi connectivity index (χ1n) is 13.9. The number of carbonyl (C=O) groups is 2. The largest absolute Gasteiger partial charge is 0.462 e. The third kappa shape index (κ3) is 5.80. The second kappa shape index (κ2) is 12.7. The van der Waals surface area contributed by atoms with E-state index >= 15 is 0 Å². The van der Waals surface area contributed by atoms with Crippen LogP contribution in [0.5, 0.6) is 0 Å². The Balaban J connectivity index is 1.44. The van der Waals surface area contributed by atoms with Crippen molar-refractivity contribution < 1.29 is 14.3 Å². The summed E-state index contributed by atoms with van der Waals surface area (Å²) in [6.45, 7) is 6.28. The number of amides is 1. The van der Waals surface area contributed by atoms with Gasteiger partial charge >= 0.3 is 5.97 Å². The number of aryl methyl sites for hydroxylation is 1. The zero-order valence-electron chi connectivity index (χ0n) is 23.0. The first-order chi connectivity index (χ1) is 19.6. The lowest BCUT2D eigenvalue weighted by molar-refractivity contribution is 0.0502. The molecule has 4 aromatic rings. The smallest absolute Gasteiger partial charge is 0.342 e. The fourth-order valence-corrected chi connectivity index (χ4v) is 5.27. The Morgan fingerprint density at radius 2 is 1.32 bits per heavy atom. The minimum Gasteiger partial charge on any atom is -0.462 e. The van der Waals surface area contributed by atoms with Crippen LogP contribution in [0.1, 0.15) is 57.6 Å². The lowest BCUT2D eigenvalue weighted by Crippen LogP contribution is -2.50. The van der Waals surface area contributed by atoms with Gasteiger partial charge in [0.25, 0.3) is 5.91 Å². The molecule has 3 aromatic carbocycles.